The Morgan fingerprint density at radius 2 is 1.50 bits per heavy atom. The fraction of sp³-hybridized carbons (Fsp3) is 0. The molecule has 20 heavy (non-hydrogen) atoms. The minimum Gasteiger partial charge on any atom is -0.508 e. The molecule has 3 rings (SSSR count). The van der Waals surface area contributed by atoms with E-state index in [4.69, 9.17) is 23.2 Å². The molecule has 0 aliphatic rings. The topological polar surface area (TPSA) is 53.4 Å². The lowest BCUT2D eigenvalue weighted by molar-refractivity contribution is 0.473. The molecule has 0 radical (unpaired) electrons. The Hall–Kier alpha value is -1.97. The number of benzene rings is 2. The highest BCUT2D eigenvalue weighted by molar-refractivity contribution is 6.39. The monoisotopic (exact) mass is 305 g/mol. The lowest BCUT2D eigenvalue weighted by Gasteiger charge is -2.08. The summed E-state index contributed by atoms with van der Waals surface area (Å²) in [5, 5.41) is 21.0. The number of pyridine rings is 1. The molecule has 2 N–H and O–H groups in total. The van der Waals surface area contributed by atoms with Crippen molar-refractivity contribution < 1.29 is 10.2 Å². The molecule has 100 valence electrons. The van der Waals surface area contributed by atoms with Crippen LogP contribution in [0.5, 0.6) is 11.5 Å². The maximum Gasteiger partial charge on any atom is 0.142 e. The minimum absolute atomic E-state index is 0.00681. The average molecular weight is 306 g/mol. The van der Waals surface area contributed by atoms with Gasteiger partial charge >= 0.3 is 0 Å². The van der Waals surface area contributed by atoms with Crippen LogP contribution in [0.1, 0.15) is 0 Å². The van der Waals surface area contributed by atoms with E-state index in [0.717, 1.165) is 0 Å². The number of rotatable bonds is 1. The van der Waals surface area contributed by atoms with Crippen LogP contribution in [-0.2, 0) is 0 Å². The first-order valence-corrected chi connectivity index (χ1v) is 6.59. The van der Waals surface area contributed by atoms with Crippen LogP contribution >= 0.6 is 23.2 Å². The molecule has 0 aliphatic carbocycles. The van der Waals surface area contributed by atoms with E-state index in [1.54, 1.807) is 30.3 Å². The normalized spacial score (nSPS) is 10.9. The second-order valence-corrected chi connectivity index (χ2v) is 5.14. The maximum absolute atomic E-state index is 10.1. The van der Waals surface area contributed by atoms with Crippen molar-refractivity contribution in [1.29, 1.82) is 0 Å². The molecule has 0 fully saturated rings. The van der Waals surface area contributed by atoms with Gasteiger partial charge in [-0.3, -0.25) is 0 Å². The zero-order chi connectivity index (χ0) is 14.3. The highest BCUT2D eigenvalue weighted by Gasteiger charge is 2.12. The number of hydrogen-bond donors (Lipinski definition) is 2. The molecule has 3 nitrogen and oxygen atoms in total. The molecule has 0 amide bonds. The van der Waals surface area contributed by atoms with Crippen molar-refractivity contribution in [1.82, 2.24) is 4.98 Å². The summed E-state index contributed by atoms with van der Waals surface area (Å²) in [5.74, 6) is 0.155. The van der Waals surface area contributed by atoms with Crippen molar-refractivity contribution in [3.8, 4) is 22.8 Å². The van der Waals surface area contributed by atoms with Crippen LogP contribution in [-0.4, -0.2) is 15.2 Å². The molecule has 0 saturated heterocycles. The minimum atomic E-state index is 0.00681. The first-order valence-electron chi connectivity index (χ1n) is 5.83. The van der Waals surface area contributed by atoms with E-state index in [9.17, 15) is 10.2 Å². The van der Waals surface area contributed by atoms with Crippen LogP contribution < -0.4 is 0 Å². The lowest BCUT2D eigenvalue weighted by Crippen LogP contribution is -1.88. The van der Waals surface area contributed by atoms with Crippen LogP contribution in [0, 0.1) is 0 Å². The number of aromatic hydroxyl groups is 2. The number of hydrogen-bond acceptors (Lipinski definition) is 3. The second-order valence-electron chi connectivity index (χ2n) is 4.33. The van der Waals surface area contributed by atoms with E-state index < -0.39 is 0 Å². The molecule has 1 heterocycles. The van der Waals surface area contributed by atoms with Crippen LogP contribution in [0.25, 0.3) is 22.2 Å². The van der Waals surface area contributed by atoms with E-state index in [0.29, 0.717) is 32.2 Å². The Kier molecular flexibility index (Phi) is 3.16. The van der Waals surface area contributed by atoms with Gasteiger partial charge in [-0.25, -0.2) is 4.98 Å². The number of fused-ring (bicyclic) bond motifs is 1. The molecular formula is C15H9Cl2NO2. The lowest BCUT2D eigenvalue weighted by atomic mass is 10.1. The summed E-state index contributed by atoms with van der Waals surface area (Å²) in [5.41, 5.74) is 1.60. The highest BCUT2D eigenvalue weighted by atomic mass is 35.5. The Morgan fingerprint density at radius 1 is 0.850 bits per heavy atom. The molecule has 5 heteroatoms. The van der Waals surface area contributed by atoms with Crippen LogP contribution in [0.3, 0.4) is 0 Å². The van der Waals surface area contributed by atoms with E-state index in [1.165, 1.54) is 12.1 Å². The number of phenolic OH excluding ortho intramolecular Hbond substituents is 1. The van der Waals surface area contributed by atoms with Gasteiger partial charge in [-0.15, -0.1) is 0 Å². The average Bonchev–Trinajstić information content (AvgIpc) is 2.44. The predicted molar refractivity (Wildman–Crippen MR) is 80.5 cm³/mol. The molecular weight excluding hydrogens is 297 g/mol. The van der Waals surface area contributed by atoms with Crippen LogP contribution in [0.2, 0.25) is 10.0 Å². The first kappa shape index (κ1) is 13.0. The molecule has 0 spiro atoms. The van der Waals surface area contributed by atoms with Crippen molar-refractivity contribution in [2.24, 2.45) is 0 Å². The zero-order valence-electron chi connectivity index (χ0n) is 10.1. The summed E-state index contributed by atoms with van der Waals surface area (Å²) in [7, 11) is 0. The summed E-state index contributed by atoms with van der Waals surface area (Å²) in [6.07, 6.45) is 0. The van der Waals surface area contributed by atoms with E-state index in [1.807, 2.05) is 0 Å². The van der Waals surface area contributed by atoms with Gasteiger partial charge in [-0.05, 0) is 42.5 Å². The Balaban J connectivity index is 2.29. The SMILES string of the molecule is Oc1ccc(-c2nc3c(Cl)ccc(Cl)c3cc2O)cc1. The van der Waals surface area contributed by atoms with Gasteiger partial charge in [-0.2, -0.15) is 0 Å². The fourth-order valence-corrected chi connectivity index (χ4v) is 2.43. The van der Waals surface area contributed by atoms with Gasteiger partial charge in [0.25, 0.3) is 0 Å². The van der Waals surface area contributed by atoms with Crippen LogP contribution in [0.4, 0.5) is 0 Å². The number of phenols is 1. The third-order valence-electron chi connectivity index (χ3n) is 3.00. The van der Waals surface area contributed by atoms with Gasteiger partial charge in [0.1, 0.15) is 17.2 Å². The van der Waals surface area contributed by atoms with Gasteiger partial charge < -0.3 is 10.2 Å². The van der Waals surface area contributed by atoms with Gasteiger partial charge in [0, 0.05) is 10.9 Å². The summed E-state index contributed by atoms with van der Waals surface area (Å²) in [6, 6.07) is 11.3. The van der Waals surface area contributed by atoms with Crippen molar-refractivity contribution >= 4 is 34.1 Å². The van der Waals surface area contributed by atoms with Gasteiger partial charge in [0.2, 0.25) is 0 Å². The summed E-state index contributed by atoms with van der Waals surface area (Å²) < 4.78 is 0. The summed E-state index contributed by atoms with van der Waals surface area (Å²) in [4.78, 5) is 4.39. The molecule has 0 aliphatic heterocycles. The van der Waals surface area contributed by atoms with E-state index in [2.05, 4.69) is 4.98 Å². The summed E-state index contributed by atoms with van der Waals surface area (Å²) in [6.45, 7) is 0. The third-order valence-corrected chi connectivity index (χ3v) is 3.64. The molecule has 2 aromatic carbocycles. The van der Waals surface area contributed by atoms with E-state index >= 15 is 0 Å². The van der Waals surface area contributed by atoms with Crippen molar-refractivity contribution in [3.05, 3.63) is 52.5 Å². The van der Waals surface area contributed by atoms with Gasteiger partial charge in [0.15, 0.2) is 0 Å². The molecule has 3 aromatic rings. The quantitative estimate of drug-likeness (QED) is 0.689. The molecule has 0 atom stereocenters. The molecule has 1 aromatic heterocycles. The van der Waals surface area contributed by atoms with E-state index in [-0.39, 0.29) is 11.5 Å². The highest BCUT2D eigenvalue weighted by Crippen LogP contribution is 2.36. The molecule has 0 unspecified atom stereocenters. The first-order chi connectivity index (χ1) is 9.56. The smallest absolute Gasteiger partial charge is 0.142 e. The number of halogens is 2. The standard InChI is InChI=1S/C15H9Cl2NO2/c16-11-5-6-12(17)15-10(11)7-13(20)14(18-15)8-1-3-9(19)4-2-8/h1-7,19-20H. The summed E-state index contributed by atoms with van der Waals surface area (Å²) >= 11 is 12.2. The van der Waals surface area contributed by atoms with Gasteiger partial charge in [0.05, 0.1) is 15.6 Å². The molecule has 0 bridgehead atoms. The predicted octanol–water partition coefficient (Wildman–Crippen LogP) is 4.62. The Morgan fingerprint density at radius 3 is 2.20 bits per heavy atom. The van der Waals surface area contributed by atoms with Crippen molar-refractivity contribution in [3.63, 3.8) is 0 Å². The zero-order valence-corrected chi connectivity index (χ0v) is 11.7. The Labute approximate surface area is 125 Å². The fourth-order valence-electron chi connectivity index (χ4n) is 2.01. The maximum atomic E-state index is 10.1. The Bertz CT molecular complexity index is 801. The largest absolute Gasteiger partial charge is 0.508 e. The van der Waals surface area contributed by atoms with Gasteiger partial charge in [-0.1, -0.05) is 23.2 Å². The third kappa shape index (κ3) is 2.15. The number of aromatic nitrogens is 1. The molecule has 0 saturated carbocycles. The number of nitrogens with zero attached hydrogens (tertiary/aromatic N) is 1. The van der Waals surface area contributed by atoms with Crippen molar-refractivity contribution in [2.75, 3.05) is 0 Å². The second kappa shape index (κ2) is 4.85. The van der Waals surface area contributed by atoms with Crippen LogP contribution in [0.15, 0.2) is 42.5 Å². The van der Waals surface area contributed by atoms with Crippen molar-refractivity contribution in [2.45, 2.75) is 0 Å².